The Morgan fingerprint density at radius 3 is 2.50 bits per heavy atom. The van der Waals surface area contributed by atoms with Gasteiger partial charge in [0.1, 0.15) is 5.78 Å². The number of carbonyl (C=O) groups is 1. The zero-order valence-corrected chi connectivity index (χ0v) is 9.71. The summed E-state index contributed by atoms with van der Waals surface area (Å²) in [5.74, 6) is 0.371. The molecule has 0 heterocycles. The molecule has 84 valence electrons. The van der Waals surface area contributed by atoms with Crippen LogP contribution in [0, 0.1) is 0 Å². The van der Waals surface area contributed by atoms with Gasteiger partial charge in [-0.3, -0.25) is 4.79 Å². The van der Waals surface area contributed by atoms with Crippen LogP contribution in [0.2, 0.25) is 0 Å². The van der Waals surface area contributed by atoms with E-state index in [1.165, 1.54) is 0 Å². The smallest absolute Gasteiger partial charge is 0.132 e. The van der Waals surface area contributed by atoms with Gasteiger partial charge in [0.15, 0.2) is 0 Å². The third kappa shape index (κ3) is 8.20. The zero-order valence-electron chi connectivity index (χ0n) is 9.71. The van der Waals surface area contributed by atoms with Gasteiger partial charge in [0.25, 0.3) is 0 Å². The number of ether oxygens (including phenoxy) is 1. The second-order valence-corrected chi connectivity index (χ2v) is 3.65. The SMILES string of the molecule is CCC(=O)CCCN(C)CCCOC. The van der Waals surface area contributed by atoms with E-state index in [1.807, 2.05) is 6.92 Å². The second-order valence-electron chi connectivity index (χ2n) is 3.65. The summed E-state index contributed by atoms with van der Waals surface area (Å²) in [6.45, 7) is 4.80. The molecule has 0 aliphatic heterocycles. The van der Waals surface area contributed by atoms with E-state index in [0.29, 0.717) is 12.2 Å². The summed E-state index contributed by atoms with van der Waals surface area (Å²) >= 11 is 0. The molecule has 0 atom stereocenters. The molecule has 0 rings (SSSR count). The lowest BCUT2D eigenvalue weighted by molar-refractivity contribution is -0.118. The highest BCUT2D eigenvalue weighted by Gasteiger charge is 2.01. The Kier molecular flexibility index (Phi) is 8.89. The van der Waals surface area contributed by atoms with Gasteiger partial charge in [-0.25, -0.2) is 0 Å². The average Bonchev–Trinajstić information content (AvgIpc) is 2.18. The summed E-state index contributed by atoms with van der Waals surface area (Å²) in [4.78, 5) is 13.3. The summed E-state index contributed by atoms with van der Waals surface area (Å²) < 4.78 is 4.97. The van der Waals surface area contributed by atoms with Crippen LogP contribution < -0.4 is 0 Å². The summed E-state index contributed by atoms with van der Waals surface area (Å²) in [6, 6.07) is 0. The molecule has 3 nitrogen and oxygen atoms in total. The molecule has 0 aliphatic rings. The van der Waals surface area contributed by atoms with E-state index in [9.17, 15) is 4.79 Å². The third-order valence-corrected chi connectivity index (χ3v) is 2.28. The van der Waals surface area contributed by atoms with Crippen molar-refractivity contribution in [2.75, 3.05) is 33.9 Å². The van der Waals surface area contributed by atoms with E-state index in [4.69, 9.17) is 4.74 Å². The fourth-order valence-corrected chi connectivity index (χ4v) is 1.31. The Hall–Kier alpha value is -0.410. The molecule has 0 aromatic rings. The molecular formula is C11H23NO2. The van der Waals surface area contributed by atoms with Gasteiger partial charge in [-0.15, -0.1) is 0 Å². The molecule has 0 amide bonds. The lowest BCUT2D eigenvalue weighted by Gasteiger charge is -2.15. The van der Waals surface area contributed by atoms with Crippen molar-refractivity contribution in [1.29, 1.82) is 0 Å². The largest absolute Gasteiger partial charge is 0.385 e. The van der Waals surface area contributed by atoms with Gasteiger partial charge in [0.2, 0.25) is 0 Å². The molecule has 14 heavy (non-hydrogen) atoms. The van der Waals surface area contributed by atoms with Gasteiger partial charge in [-0.2, -0.15) is 0 Å². The Morgan fingerprint density at radius 1 is 1.29 bits per heavy atom. The minimum atomic E-state index is 0.371. The van der Waals surface area contributed by atoms with Crippen LogP contribution >= 0.6 is 0 Å². The maximum Gasteiger partial charge on any atom is 0.132 e. The topological polar surface area (TPSA) is 29.5 Å². The Balaban J connectivity index is 3.26. The van der Waals surface area contributed by atoms with Crippen molar-refractivity contribution in [2.24, 2.45) is 0 Å². The van der Waals surface area contributed by atoms with Gasteiger partial charge in [-0.05, 0) is 26.4 Å². The molecule has 0 bridgehead atoms. The van der Waals surface area contributed by atoms with Crippen LogP contribution in [-0.2, 0) is 9.53 Å². The molecule has 0 aromatic carbocycles. The lowest BCUT2D eigenvalue weighted by Crippen LogP contribution is -2.22. The number of hydrogen-bond acceptors (Lipinski definition) is 3. The van der Waals surface area contributed by atoms with Crippen LogP contribution in [0.3, 0.4) is 0 Å². The number of hydrogen-bond donors (Lipinski definition) is 0. The molecule has 0 N–H and O–H groups in total. The molecule has 0 radical (unpaired) electrons. The van der Waals surface area contributed by atoms with Gasteiger partial charge in [0.05, 0.1) is 0 Å². The van der Waals surface area contributed by atoms with Gasteiger partial charge < -0.3 is 9.64 Å². The minimum absolute atomic E-state index is 0.371. The van der Waals surface area contributed by atoms with Gasteiger partial charge >= 0.3 is 0 Å². The minimum Gasteiger partial charge on any atom is -0.385 e. The average molecular weight is 201 g/mol. The van der Waals surface area contributed by atoms with Crippen LogP contribution in [0.1, 0.15) is 32.6 Å². The quantitative estimate of drug-likeness (QED) is 0.532. The first-order valence-corrected chi connectivity index (χ1v) is 5.39. The first kappa shape index (κ1) is 13.6. The van der Waals surface area contributed by atoms with Crippen LogP contribution in [0.25, 0.3) is 0 Å². The van der Waals surface area contributed by atoms with Crippen molar-refractivity contribution in [3.8, 4) is 0 Å². The zero-order chi connectivity index (χ0) is 10.8. The van der Waals surface area contributed by atoms with Crippen molar-refractivity contribution >= 4 is 5.78 Å². The van der Waals surface area contributed by atoms with Crippen molar-refractivity contribution < 1.29 is 9.53 Å². The maximum absolute atomic E-state index is 11.0. The van der Waals surface area contributed by atoms with Gasteiger partial charge in [0, 0.05) is 33.1 Å². The predicted molar refractivity (Wildman–Crippen MR) is 58.5 cm³/mol. The van der Waals surface area contributed by atoms with Crippen LogP contribution in [0.15, 0.2) is 0 Å². The maximum atomic E-state index is 11.0. The Morgan fingerprint density at radius 2 is 1.93 bits per heavy atom. The molecule has 0 aliphatic carbocycles. The van der Waals surface area contributed by atoms with E-state index < -0.39 is 0 Å². The van der Waals surface area contributed by atoms with Crippen LogP contribution in [-0.4, -0.2) is 44.5 Å². The highest BCUT2D eigenvalue weighted by Crippen LogP contribution is 1.97. The number of Topliss-reactive ketones (excluding diaryl/α,β-unsaturated/α-hetero) is 1. The molecule has 3 heteroatoms. The van der Waals surface area contributed by atoms with Crippen molar-refractivity contribution in [3.63, 3.8) is 0 Å². The monoisotopic (exact) mass is 201 g/mol. The van der Waals surface area contributed by atoms with E-state index in [-0.39, 0.29) is 0 Å². The first-order valence-electron chi connectivity index (χ1n) is 5.39. The molecule has 0 spiro atoms. The van der Waals surface area contributed by atoms with Gasteiger partial charge in [-0.1, -0.05) is 6.92 Å². The lowest BCUT2D eigenvalue weighted by atomic mass is 10.2. The summed E-state index contributed by atoms with van der Waals surface area (Å²) in [6.07, 6.45) is 3.45. The number of rotatable bonds is 9. The fraction of sp³-hybridized carbons (Fsp3) is 0.909. The molecule has 0 fully saturated rings. The number of nitrogens with zero attached hydrogens (tertiary/aromatic N) is 1. The Labute approximate surface area is 87.4 Å². The normalized spacial score (nSPS) is 10.9. The number of methoxy groups -OCH3 is 1. The van der Waals surface area contributed by atoms with Crippen LogP contribution in [0.4, 0.5) is 0 Å². The van der Waals surface area contributed by atoms with Crippen LogP contribution in [0.5, 0.6) is 0 Å². The number of carbonyl (C=O) groups excluding carboxylic acids is 1. The predicted octanol–water partition coefficient (Wildman–Crippen LogP) is 1.71. The Bertz CT molecular complexity index is 148. The van der Waals surface area contributed by atoms with E-state index in [2.05, 4.69) is 11.9 Å². The third-order valence-electron chi connectivity index (χ3n) is 2.28. The molecule has 0 saturated carbocycles. The van der Waals surface area contributed by atoms with E-state index in [0.717, 1.165) is 39.0 Å². The van der Waals surface area contributed by atoms with Crippen molar-refractivity contribution in [1.82, 2.24) is 4.90 Å². The standard InChI is InChI=1S/C11H23NO2/c1-4-11(13)7-5-8-12(2)9-6-10-14-3/h4-10H2,1-3H3. The fourth-order valence-electron chi connectivity index (χ4n) is 1.31. The molecule has 0 saturated heterocycles. The summed E-state index contributed by atoms with van der Waals surface area (Å²) in [7, 11) is 3.81. The van der Waals surface area contributed by atoms with Crippen molar-refractivity contribution in [2.45, 2.75) is 32.6 Å². The summed E-state index contributed by atoms with van der Waals surface area (Å²) in [5.41, 5.74) is 0. The van der Waals surface area contributed by atoms with E-state index >= 15 is 0 Å². The molecule has 0 unspecified atom stereocenters. The highest BCUT2D eigenvalue weighted by molar-refractivity contribution is 5.77. The number of ketones is 1. The van der Waals surface area contributed by atoms with E-state index in [1.54, 1.807) is 7.11 Å². The first-order chi connectivity index (χ1) is 6.70. The highest BCUT2D eigenvalue weighted by atomic mass is 16.5. The molecular weight excluding hydrogens is 178 g/mol. The second kappa shape index (κ2) is 9.16. The summed E-state index contributed by atoms with van der Waals surface area (Å²) in [5, 5.41) is 0. The molecule has 0 aromatic heterocycles. The van der Waals surface area contributed by atoms with Crippen molar-refractivity contribution in [3.05, 3.63) is 0 Å².